The molecule has 1 aromatic carbocycles. The minimum atomic E-state index is 0.727. The summed E-state index contributed by atoms with van der Waals surface area (Å²) in [5, 5.41) is 3.56. The molecule has 0 spiro atoms. The van der Waals surface area contributed by atoms with Gasteiger partial charge in [0.15, 0.2) is 0 Å². The Morgan fingerprint density at radius 2 is 2.00 bits per heavy atom. The summed E-state index contributed by atoms with van der Waals surface area (Å²) < 4.78 is 0. The number of rotatable bonds is 3. The van der Waals surface area contributed by atoms with Crippen LogP contribution in [0.15, 0.2) is 24.3 Å². The predicted molar refractivity (Wildman–Crippen MR) is 71.2 cm³/mol. The van der Waals surface area contributed by atoms with E-state index in [1.165, 1.54) is 42.9 Å². The first-order chi connectivity index (χ1) is 7.92. The maximum atomic E-state index is 3.56. The Morgan fingerprint density at radius 1 is 1.19 bits per heavy atom. The molecule has 2 heterocycles. The molecule has 16 heavy (non-hydrogen) atoms. The molecular weight excluding hydrogens is 214 g/mol. The van der Waals surface area contributed by atoms with Crippen molar-refractivity contribution in [1.82, 2.24) is 5.32 Å². The third kappa shape index (κ3) is 2.28. The van der Waals surface area contributed by atoms with Gasteiger partial charge in [0.05, 0.1) is 0 Å². The van der Waals surface area contributed by atoms with Crippen LogP contribution in [0, 0.1) is 0 Å². The lowest BCUT2D eigenvalue weighted by molar-refractivity contribution is 0.603. The Morgan fingerprint density at radius 3 is 2.56 bits per heavy atom. The number of hydrogen-bond acceptors (Lipinski definition) is 2. The van der Waals surface area contributed by atoms with Gasteiger partial charge in [0.25, 0.3) is 0 Å². The van der Waals surface area contributed by atoms with Crippen molar-refractivity contribution in [3.05, 3.63) is 35.4 Å². The maximum Gasteiger partial charge on any atom is 0.0108 e. The molecule has 3 rings (SSSR count). The van der Waals surface area contributed by atoms with Gasteiger partial charge in [-0.05, 0) is 36.9 Å². The Balaban J connectivity index is 1.62. The molecule has 0 bridgehead atoms. The highest BCUT2D eigenvalue weighted by molar-refractivity contribution is 8.00. The van der Waals surface area contributed by atoms with E-state index < -0.39 is 0 Å². The van der Waals surface area contributed by atoms with Crippen molar-refractivity contribution in [2.24, 2.45) is 0 Å². The highest BCUT2D eigenvalue weighted by Gasteiger charge is 2.20. The van der Waals surface area contributed by atoms with Gasteiger partial charge in [-0.25, -0.2) is 0 Å². The zero-order valence-corrected chi connectivity index (χ0v) is 10.4. The first-order valence-electron chi connectivity index (χ1n) is 6.32. The van der Waals surface area contributed by atoms with Crippen LogP contribution in [-0.4, -0.2) is 24.1 Å². The van der Waals surface area contributed by atoms with Crippen LogP contribution in [0.3, 0.4) is 0 Å². The number of hydrogen-bond donors (Lipinski definition) is 1. The normalized spacial score (nSPS) is 25.6. The highest BCUT2D eigenvalue weighted by Crippen LogP contribution is 2.33. The van der Waals surface area contributed by atoms with Crippen molar-refractivity contribution >= 4 is 11.8 Å². The van der Waals surface area contributed by atoms with Crippen LogP contribution in [0.2, 0.25) is 0 Å². The van der Waals surface area contributed by atoms with Crippen molar-refractivity contribution < 1.29 is 0 Å². The lowest BCUT2D eigenvalue weighted by atomic mass is 9.98. The third-order valence-corrected chi connectivity index (χ3v) is 5.01. The lowest BCUT2D eigenvalue weighted by Crippen LogP contribution is -2.23. The van der Waals surface area contributed by atoms with Crippen LogP contribution >= 0.6 is 11.8 Å². The summed E-state index contributed by atoms with van der Waals surface area (Å²) in [5.41, 5.74) is 3.04. The summed E-state index contributed by atoms with van der Waals surface area (Å²) in [6, 6.07) is 10.1. The van der Waals surface area contributed by atoms with Crippen molar-refractivity contribution in [3.8, 4) is 0 Å². The first kappa shape index (κ1) is 10.7. The molecule has 0 aliphatic carbocycles. The molecule has 0 radical (unpaired) electrons. The Kier molecular flexibility index (Phi) is 3.20. The highest BCUT2D eigenvalue weighted by atomic mass is 32.2. The molecule has 1 nitrogen and oxygen atoms in total. The first-order valence-corrected chi connectivity index (χ1v) is 7.47. The summed E-state index contributed by atoms with van der Waals surface area (Å²) in [6.45, 7) is 1.21. The molecule has 1 aromatic rings. The van der Waals surface area contributed by atoms with Crippen molar-refractivity contribution in [3.63, 3.8) is 0 Å². The fourth-order valence-corrected chi connectivity index (χ4v) is 3.43. The summed E-state index contributed by atoms with van der Waals surface area (Å²) in [4.78, 5) is 0. The van der Waals surface area contributed by atoms with E-state index in [4.69, 9.17) is 0 Å². The molecule has 86 valence electrons. The molecule has 0 saturated carbocycles. The average Bonchev–Trinajstić information content (AvgIpc) is 2.71. The van der Waals surface area contributed by atoms with Crippen LogP contribution in [0.1, 0.15) is 29.9 Å². The Hall–Kier alpha value is -0.470. The Labute approximate surface area is 102 Å². The third-order valence-electron chi connectivity index (χ3n) is 3.73. The van der Waals surface area contributed by atoms with Gasteiger partial charge < -0.3 is 5.32 Å². The molecule has 0 aromatic heterocycles. The van der Waals surface area contributed by atoms with E-state index in [2.05, 4.69) is 41.3 Å². The minimum Gasteiger partial charge on any atom is -0.314 e. The summed E-state index contributed by atoms with van der Waals surface area (Å²) in [7, 11) is 0. The summed E-state index contributed by atoms with van der Waals surface area (Å²) >= 11 is 2.06. The number of nitrogens with one attached hydrogen (secondary N) is 1. The van der Waals surface area contributed by atoms with Crippen LogP contribution in [0.4, 0.5) is 0 Å². The number of thioether (sulfide) groups is 1. The fourth-order valence-electron chi connectivity index (χ4n) is 2.57. The quantitative estimate of drug-likeness (QED) is 0.861. The fraction of sp³-hybridized carbons (Fsp3) is 0.571. The van der Waals surface area contributed by atoms with Gasteiger partial charge in [-0.2, -0.15) is 11.8 Å². The average molecular weight is 233 g/mol. The van der Waals surface area contributed by atoms with E-state index in [1.54, 1.807) is 5.56 Å². The molecule has 2 fully saturated rings. The molecule has 2 aliphatic heterocycles. The summed E-state index contributed by atoms with van der Waals surface area (Å²) in [5.74, 6) is 3.48. The van der Waals surface area contributed by atoms with Gasteiger partial charge in [0.1, 0.15) is 0 Å². The van der Waals surface area contributed by atoms with Gasteiger partial charge in [-0.3, -0.25) is 0 Å². The zero-order valence-electron chi connectivity index (χ0n) is 9.61. The minimum absolute atomic E-state index is 0.727. The second kappa shape index (κ2) is 4.80. The SMILES string of the molecule is c1cc(C2CSC2)ccc1CC1CCCN1. The van der Waals surface area contributed by atoms with Gasteiger partial charge >= 0.3 is 0 Å². The largest absolute Gasteiger partial charge is 0.314 e. The lowest BCUT2D eigenvalue weighted by Gasteiger charge is -2.25. The molecule has 0 amide bonds. The van der Waals surface area contributed by atoms with E-state index in [0.29, 0.717) is 0 Å². The zero-order chi connectivity index (χ0) is 10.8. The molecular formula is C14H19NS. The maximum absolute atomic E-state index is 3.56. The molecule has 2 heteroatoms. The molecule has 1 atom stereocenters. The number of benzene rings is 1. The smallest absolute Gasteiger partial charge is 0.0108 e. The molecule has 1 unspecified atom stereocenters. The summed E-state index contributed by atoms with van der Waals surface area (Å²) in [6.07, 6.45) is 3.91. The van der Waals surface area contributed by atoms with Crippen LogP contribution in [0.5, 0.6) is 0 Å². The second-order valence-electron chi connectivity index (χ2n) is 4.97. The van der Waals surface area contributed by atoms with Gasteiger partial charge in [0, 0.05) is 23.5 Å². The van der Waals surface area contributed by atoms with Crippen molar-refractivity contribution in [2.75, 3.05) is 18.1 Å². The molecule has 2 saturated heterocycles. The molecule has 1 N–H and O–H groups in total. The van der Waals surface area contributed by atoms with E-state index in [1.807, 2.05) is 0 Å². The second-order valence-corrected chi connectivity index (χ2v) is 6.05. The topological polar surface area (TPSA) is 12.0 Å². The van der Waals surface area contributed by atoms with Gasteiger partial charge in [-0.1, -0.05) is 24.3 Å². The van der Waals surface area contributed by atoms with Crippen molar-refractivity contribution in [2.45, 2.75) is 31.2 Å². The Bertz CT molecular complexity index is 336. The molecule has 2 aliphatic rings. The van der Waals surface area contributed by atoms with Gasteiger partial charge in [-0.15, -0.1) is 0 Å². The van der Waals surface area contributed by atoms with Crippen LogP contribution in [0.25, 0.3) is 0 Å². The van der Waals surface area contributed by atoms with Crippen LogP contribution in [-0.2, 0) is 6.42 Å². The van der Waals surface area contributed by atoms with Crippen molar-refractivity contribution in [1.29, 1.82) is 0 Å². The van der Waals surface area contributed by atoms with E-state index in [9.17, 15) is 0 Å². The predicted octanol–water partition coefficient (Wildman–Crippen LogP) is 2.81. The van der Waals surface area contributed by atoms with E-state index in [0.717, 1.165) is 12.0 Å². The standard InChI is InChI=1S/C14H19NS/c1-2-14(15-7-1)8-11-3-5-12(6-4-11)13-9-16-10-13/h3-6,13-15H,1-2,7-10H2. The monoisotopic (exact) mass is 233 g/mol. The van der Waals surface area contributed by atoms with Crippen LogP contribution < -0.4 is 5.32 Å². The van der Waals surface area contributed by atoms with E-state index >= 15 is 0 Å². The van der Waals surface area contributed by atoms with Gasteiger partial charge in [0.2, 0.25) is 0 Å². The van der Waals surface area contributed by atoms with E-state index in [-0.39, 0.29) is 0 Å².